The van der Waals surface area contributed by atoms with Gasteiger partial charge in [0.2, 0.25) is 0 Å². The lowest BCUT2D eigenvalue weighted by Gasteiger charge is -2.41. The largest absolute Gasteiger partial charge is 0.460 e. The Kier molecular flexibility index (Phi) is 8.91. The van der Waals surface area contributed by atoms with Gasteiger partial charge in [-0.05, 0) is 25.1 Å². The van der Waals surface area contributed by atoms with Gasteiger partial charge in [0.25, 0.3) is 0 Å². The molecule has 0 aromatic carbocycles. The summed E-state index contributed by atoms with van der Waals surface area (Å²) in [4.78, 5) is 2.65. The smallest absolute Gasteiger partial charge is 0.339 e. The maximum absolute atomic E-state index is 13.7. The van der Waals surface area contributed by atoms with Crippen LogP contribution in [0, 0.1) is 0 Å². The average Bonchev–Trinajstić information content (AvgIpc) is 2.60. The van der Waals surface area contributed by atoms with E-state index >= 15 is 0 Å². The lowest BCUT2D eigenvalue weighted by atomic mass is 9.90. The van der Waals surface area contributed by atoms with Crippen molar-refractivity contribution < 1.29 is 65.9 Å². The summed E-state index contributed by atoms with van der Waals surface area (Å²) in [6.07, 6.45) is -9.37. The second-order valence-electron chi connectivity index (χ2n) is 6.67. The van der Waals surface area contributed by atoms with Crippen LogP contribution in [0.3, 0.4) is 0 Å². The van der Waals surface area contributed by atoms with Crippen molar-refractivity contribution in [3.63, 3.8) is 0 Å². The third-order valence-corrected chi connectivity index (χ3v) is 7.21. The predicted molar refractivity (Wildman–Crippen MR) is 81.1 cm³/mol. The van der Waals surface area contributed by atoms with E-state index in [1.165, 1.54) is 6.92 Å². The molecule has 0 aliphatic carbocycles. The second-order valence-corrected chi connectivity index (χ2v) is 9.87. The molecule has 0 spiro atoms. The van der Waals surface area contributed by atoms with Crippen LogP contribution < -0.4 is 4.98 Å². The Hall–Kier alpha value is -0.873. The zero-order valence-corrected chi connectivity index (χ0v) is 16.9. The summed E-state index contributed by atoms with van der Waals surface area (Å²) in [6.45, 7) is 3.23. The minimum Gasteiger partial charge on any atom is -0.339 e. The lowest BCUT2D eigenvalue weighted by molar-refractivity contribution is -0.452. The van der Waals surface area contributed by atoms with E-state index in [0.29, 0.717) is 6.42 Å². The Morgan fingerprint density at radius 2 is 0.968 bits per heavy atom. The fourth-order valence-corrected chi connectivity index (χ4v) is 4.62. The van der Waals surface area contributed by atoms with Gasteiger partial charge >= 0.3 is 41.7 Å². The molecule has 1 unspecified atom stereocenters. The van der Waals surface area contributed by atoms with E-state index in [4.69, 9.17) is 0 Å². The van der Waals surface area contributed by atoms with E-state index in [0.717, 1.165) is 0 Å². The van der Waals surface area contributed by atoms with Crippen molar-refractivity contribution in [1.29, 1.82) is 0 Å². The van der Waals surface area contributed by atoms with E-state index in [-0.39, 0.29) is 12.6 Å². The first-order valence-corrected chi connectivity index (χ1v) is 10.8. The van der Waals surface area contributed by atoms with E-state index in [2.05, 4.69) is 4.98 Å². The van der Waals surface area contributed by atoms with Crippen LogP contribution in [-0.2, 0) is 0 Å². The molecule has 188 valence electrons. The molecule has 0 fully saturated rings. The first-order chi connectivity index (χ1) is 13.5. The molecular formula is C14H18F15NSi. The van der Waals surface area contributed by atoms with Gasteiger partial charge in [-0.1, -0.05) is 13.8 Å². The highest BCUT2D eigenvalue weighted by Gasteiger charge is 2.93. The maximum atomic E-state index is 13.7. The molecule has 0 aliphatic rings. The Balaban J connectivity index is 6.08. The third kappa shape index (κ3) is 5.05. The molecule has 0 aliphatic heterocycles. The Morgan fingerprint density at radius 1 is 0.581 bits per heavy atom. The van der Waals surface area contributed by atoms with Gasteiger partial charge in [-0.2, -0.15) is 65.9 Å². The highest BCUT2D eigenvalue weighted by molar-refractivity contribution is 6.55. The van der Waals surface area contributed by atoms with Gasteiger partial charge in [0.1, 0.15) is 8.96 Å². The molecule has 0 radical (unpaired) electrons. The Labute approximate surface area is 168 Å². The molecule has 0 saturated heterocycles. The normalized spacial score (nSPS) is 16.5. The fourth-order valence-electron chi connectivity index (χ4n) is 2.31. The number of hydrogen-bond acceptors (Lipinski definition) is 1. The van der Waals surface area contributed by atoms with Crippen molar-refractivity contribution in [3.05, 3.63) is 0 Å². The van der Waals surface area contributed by atoms with Crippen LogP contribution in [0.2, 0.25) is 12.1 Å². The molecule has 1 nitrogen and oxygen atoms in total. The molecule has 0 saturated carbocycles. The van der Waals surface area contributed by atoms with Crippen LogP contribution in [0.5, 0.6) is 0 Å². The molecule has 1 N–H and O–H groups in total. The summed E-state index contributed by atoms with van der Waals surface area (Å²) in [7, 11) is -2.49. The second kappa shape index (κ2) is 9.17. The van der Waals surface area contributed by atoms with E-state index in [1.54, 1.807) is 6.92 Å². The highest BCUT2D eigenvalue weighted by Crippen LogP contribution is 2.62. The van der Waals surface area contributed by atoms with E-state index < -0.39 is 63.1 Å². The van der Waals surface area contributed by atoms with Gasteiger partial charge in [-0.3, -0.25) is 0 Å². The minimum atomic E-state index is -8.21. The number of alkyl halides is 15. The summed E-state index contributed by atoms with van der Waals surface area (Å²) >= 11 is 0. The molecule has 0 aromatic rings. The first kappa shape index (κ1) is 30.1. The molecule has 0 amide bonds. The SMILES string of the molecule is CCCN[SiH](CC)CCC(F)(F)C(F)(F)C(F)(F)C(F)(F)C(F)(F)C(F)(F)C(F)(F)F. The van der Waals surface area contributed by atoms with E-state index in [9.17, 15) is 65.9 Å². The standard InChI is InChI=1S/C14H18F15NSi/c1-3-6-30-31(4-2)7-5-8(15,16)9(17,18)10(19,20)11(21,22)12(23,24)13(25,26)14(27,28)29/h30-31H,3-7H2,1-2H3. The molecule has 0 heterocycles. The third-order valence-electron chi connectivity index (χ3n) is 4.38. The van der Waals surface area contributed by atoms with Crippen LogP contribution in [0.1, 0.15) is 26.7 Å². The maximum Gasteiger partial charge on any atom is 0.460 e. The summed E-state index contributed by atoms with van der Waals surface area (Å²) in [5, 5.41) is 0. The Morgan fingerprint density at radius 3 is 1.32 bits per heavy atom. The van der Waals surface area contributed by atoms with Gasteiger partial charge in [0.05, 0.1) is 0 Å². The van der Waals surface area contributed by atoms with Crippen molar-refractivity contribution >= 4 is 8.96 Å². The number of nitrogens with one attached hydrogen (secondary N) is 1. The quantitative estimate of drug-likeness (QED) is 0.232. The predicted octanol–water partition coefficient (Wildman–Crippen LogP) is 6.49. The van der Waals surface area contributed by atoms with Crippen molar-refractivity contribution in [2.24, 2.45) is 0 Å². The molecule has 17 heteroatoms. The van der Waals surface area contributed by atoms with Gasteiger partial charge in [-0.15, -0.1) is 0 Å². The minimum absolute atomic E-state index is 0.101. The van der Waals surface area contributed by atoms with Gasteiger partial charge < -0.3 is 4.98 Å². The topological polar surface area (TPSA) is 12.0 Å². The molecule has 0 aromatic heterocycles. The zero-order chi connectivity index (χ0) is 25.3. The van der Waals surface area contributed by atoms with E-state index in [1.807, 2.05) is 0 Å². The number of rotatable bonds is 12. The molecular weight excluding hydrogens is 495 g/mol. The summed E-state index contributed by atoms with van der Waals surface area (Å²) in [6, 6.07) is -0.820. The first-order valence-electron chi connectivity index (χ1n) is 8.56. The lowest BCUT2D eigenvalue weighted by Crippen LogP contribution is -2.72. The van der Waals surface area contributed by atoms with Crippen molar-refractivity contribution in [2.75, 3.05) is 6.54 Å². The van der Waals surface area contributed by atoms with Crippen LogP contribution in [0.25, 0.3) is 0 Å². The fraction of sp³-hybridized carbons (Fsp3) is 1.00. The van der Waals surface area contributed by atoms with Crippen LogP contribution in [0.4, 0.5) is 65.9 Å². The van der Waals surface area contributed by atoms with Crippen LogP contribution in [0.15, 0.2) is 0 Å². The van der Waals surface area contributed by atoms with Crippen molar-refractivity contribution in [3.8, 4) is 0 Å². The van der Waals surface area contributed by atoms with Crippen molar-refractivity contribution in [2.45, 2.75) is 80.5 Å². The summed E-state index contributed by atoms with van der Waals surface area (Å²) in [5.74, 6) is -45.9. The molecule has 1 atom stereocenters. The molecule has 0 bridgehead atoms. The summed E-state index contributed by atoms with van der Waals surface area (Å²) in [5.41, 5.74) is 0. The van der Waals surface area contributed by atoms with Crippen LogP contribution in [-0.4, -0.2) is 57.2 Å². The zero-order valence-electron chi connectivity index (χ0n) is 15.8. The highest BCUT2D eigenvalue weighted by atomic mass is 28.3. The molecule has 0 rings (SSSR count). The molecule has 31 heavy (non-hydrogen) atoms. The average molecular weight is 513 g/mol. The van der Waals surface area contributed by atoms with Crippen molar-refractivity contribution in [1.82, 2.24) is 4.98 Å². The number of hydrogen-bond donors (Lipinski definition) is 1. The Bertz CT molecular complexity index is 587. The van der Waals surface area contributed by atoms with Gasteiger partial charge in [0.15, 0.2) is 0 Å². The number of halogens is 15. The monoisotopic (exact) mass is 513 g/mol. The van der Waals surface area contributed by atoms with Gasteiger partial charge in [-0.25, -0.2) is 0 Å². The van der Waals surface area contributed by atoms with Crippen LogP contribution >= 0.6 is 0 Å². The van der Waals surface area contributed by atoms with Gasteiger partial charge in [0, 0.05) is 6.42 Å². The summed E-state index contributed by atoms with van der Waals surface area (Å²) < 4.78 is 196.